The molecule has 0 saturated carbocycles. The van der Waals surface area contributed by atoms with Crippen LogP contribution in [0.3, 0.4) is 0 Å². The van der Waals surface area contributed by atoms with Crippen LogP contribution in [0.1, 0.15) is 11.1 Å². The van der Waals surface area contributed by atoms with Crippen molar-refractivity contribution in [2.75, 3.05) is 0 Å². The SMILES string of the molecule is O=S(=O)(/N=C(/N=C(Oc1ccccc1)c1ccccc1)c1ccccc1)c1ccccc1. The van der Waals surface area contributed by atoms with Gasteiger partial charge in [0.15, 0.2) is 5.84 Å². The first-order valence-electron chi connectivity index (χ1n) is 9.94. The van der Waals surface area contributed by atoms with Gasteiger partial charge in [-0.15, -0.1) is 4.40 Å². The fraction of sp³-hybridized carbons (Fsp3) is 0. The third-order valence-electron chi connectivity index (χ3n) is 4.47. The van der Waals surface area contributed by atoms with E-state index in [2.05, 4.69) is 9.39 Å². The molecule has 0 radical (unpaired) electrons. The predicted octanol–water partition coefficient (Wildman–Crippen LogP) is 5.35. The number of sulfonamides is 1. The van der Waals surface area contributed by atoms with Gasteiger partial charge in [0.1, 0.15) is 5.75 Å². The third kappa shape index (κ3) is 5.36. The lowest BCUT2D eigenvalue weighted by Gasteiger charge is -2.11. The van der Waals surface area contributed by atoms with Crippen LogP contribution in [-0.2, 0) is 10.0 Å². The number of hydrogen-bond donors (Lipinski definition) is 0. The Morgan fingerprint density at radius 2 is 1.06 bits per heavy atom. The second-order valence-electron chi connectivity index (χ2n) is 6.77. The normalized spacial score (nSPS) is 12.4. The second kappa shape index (κ2) is 9.85. The van der Waals surface area contributed by atoms with E-state index in [4.69, 9.17) is 4.74 Å². The molecule has 0 spiro atoms. The predicted molar refractivity (Wildman–Crippen MR) is 127 cm³/mol. The van der Waals surface area contributed by atoms with Crippen LogP contribution < -0.4 is 4.74 Å². The quantitative estimate of drug-likeness (QED) is 0.310. The molecular weight excluding hydrogens is 420 g/mol. The van der Waals surface area contributed by atoms with E-state index in [0.717, 1.165) is 0 Å². The molecule has 0 N–H and O–H groups in total. The summed E-state index contributed by atoms with van der Waals surface area (Å²) in [6.07, 6.45) is 0. The Hall–Kier alpha value is -4.03. The van der Waals surface area contributed by atoms with E-state index in [1.165, 1.54) is 12.1 Å². The first-order chi connectivity index (χ1) is 15.6. The summed E-state index contributed by atoms with van der Waals surface area (Å²) in [5, 5.41) is 0. The molecule has 0 fully saturated rings. The maximum atomic E-state index is 13.0. The minimum Gasteiger partial charge on any atom is -0.438 e. The molecule has 4 aromatic rings. The standard InChI is InChI=1S/C26H20N2O3S/c29-32(30,24-19-11-4-12-20-24)28-25(21-13-5-1-6-14-21)27-26(22-15-7-2-8-16-22)31-23-17-9-3-10-18-23/h1-20H/b27-26?,28-25+. The van der Waals surface area contributed by atoms with Gasteiger partial charge >= 0.3 is 0 Å². The highest BCUT2D eigenvalue weighted by Gasteiger charge is 2.17. The molecule has 0 aliphatic carbocycles. The zero-order valence-corrected chi connectivity index (χ0v) is 17.9. The molecule has 0 heterocycles. The fourth-order valence-electron chi connectivity index (χ4n) is 2.91. The number of ether oxygens (including phenoxy) is 1. The Bertz CT molecular complexity index is 1320. The minimum absolute atomic E-state index is 0.0317. The van der Waals surface area contributed by atoms with Gasteiger partial charge < -0.3 is 4.74 Å². The number of nitrogens with zero attached hydrogens (tertiary/aromatic N) is 2. The zero-order valence-electron chi connectivity index (χ0n) is 17.1. The first-order valence-corrected chi connectivity index (χ1v) is 11.4. The van der Waals surface area contributed by atoms with E-state index in [1.807, 2.05) is 54.6 Å². The summed E-state index contributed by atoms with van der Waals surface area (Å²) in [5.74, 6) is 0.848. The van der Waals surface area contributed by atoms with Crippen LogP contribution in [0.4, 0.5) is 0 Å². The molecular formula is C26H20N2O3S. The van der Waals surface area contributed by atoms with Crippen LogP contribution >= 0.6 is 0 Å². The zero-order chi connectivity index (χ0) is 22.2. The largest absolute Gasteiger partial charge is 0.438 e. The summed E-state index contributed by atoms with van der Waals surface area (Å²) < 4.78 is 36.1. The van der Waals surface area contributed by atoms with Crippen molar-refractivity contribution >= 4 is 21.8 Å². The molecule has 4 rings (SSSR count). The van der Waals surface area contributed by atoms with Gasteiger partial charge in [0.25, 0.3) is 10.0 Å². The maximum Gasteiger partial charge on any atom is 0.284 e. The smallest absolute Gasteiger partial charge is 0.284 e. The highest BCUT2D eigenvalue weighted by Crippen LogP contribution is 2.17. The minimum atomic E-state index is -3.98. The van der Waals surface area contributed by atoms with Gasteiger partial charge in [-0.1, -0.05) is 84.9 Å². The van der Waals surface area contributed by atoms with Crippen LogP contribution in [0.15, 0.2) is 136 Å². The van der Waals surface area contributed by atoms with E-state index in [1.54, 1.807) is 54.6 Å². The molecule has 0 amide bonds. The van der Waals surface area contributed by atoms with Crippen LogP contribution in [0, 0.1) is 0 Å². The van der Waals surface area contributed by atoms with Gasteiger partial charge in [0.05, 0.1) is 4.90 Å². The molecule has 158 valence electrons. The molecule has 0 aromatic heterocycles. The van der Waals surface area contributed by atoms with Crippen LogP contribution in [-0.4, -0.2) is 20.2 Å². The molecule has 0 saturated heterocycles. The van der Waals surface area contributed by atoms with Crippen molar-refractivity contribution in [2.24, 2.45) is 9.39 Å². The monoisotopic (exact) mass is 440 g/mol. The summed E-state index contributed by atoms with van der Waals surface area (Å²) in [7, 11) is -3.98. The topological polar surface area (TPSA) is 68.1 Å². The molecule has 5 nitrogen and oxygen atoms in total. The number of amidine groups is 1. The van der Waals surface area contributed by atoms with Crippen molar-refractivity contribution in [3.8, 4) is 5.75 Å². The van der Waals surface area contributed by atoms with Crippen LogP contribution in [0.25, 0.3) is 0 Å². The number of hydrogen-bond acceptors (Lipinski definition) is 3. The van der Waals surface area contributed by atoms with Gasteiger partial charge in [-0.05, 0) is 36.4 Å². The summed E-state index contributed by atoms with van der Waals surface area (Å²) in [4.78, 5) is 4.68. The van der Waals surface area contributed by atoms with E-state index < -0.39 is 10.0 Å². The first kappa shape index (κ1) is 21.2. The molecule has 0 aliphatic heterocycles. The Labute approximate surface area is 187 Å². The highest BCUT2D eigenvalue weighted by molar-refractivity contribution is 7.90. The van der Waals surface area contributed by atoms with Gasteiger partial charge in [-0.2, -0.15) is 13.4 Å². The summed E-state index contributed by atoms with van der Waals surface area (Å²) in [5.41, 5.74) is 1.24. The van der Waals surface area contributed by atoms with Gasteiger partial charge in [-0.25, -0.2) is 0 Å². The molecule has 4 aromatic carbocycles. The average Bonchev–Trinajstić information content (AvgIpc) is 2.85. The summed E-state index contributed by atoms with van der Waals surface area (Å²) in [6.45, 7) is 0. The van der Waals surface area contributed by atoms with Crippen molar-refractivity contribution in [3.05, 3.63) is 132 Å². The van der Waals surface area contributed by atoms with E-state index >= 15 is 0 Å². The number of aliphatic imine (C=N–C) groups is 1. The number of para-hydroxylation sites is 1. The number of benzene rings is 4. The Morgan fingerprint density at radius 3 is 1.62 bits per heavy atom. The van der Waals surface area contributed by atoms with Crippen LogP contribution in [0.5, 0.6) is 5.75 Å². The third-order valence-corrected chi connectivity index (χ3v) is 5.75. The van der Waals surface area contributed by atoms with Crippen molar-refractivity contribution in [2.45, 2.75) is 4.90 Å². The highest BCUT2D eigenvalue weighted by atomic mass is 32.2. The molecule has 0 bridgehead atoms. The Kier molecular flexibility index (Phi) is 6.53. The lowest BCUT2D eigenvalue weighted by Crippen LogP contribution is -2.15. The van der Waals surface area contributed by atoms with Gasteiger partial charge in [0.2, 0.25) is 5.90 Å². The van der Waals surface area contributed by atoms with E-state index in [0.29, 0.717) is 16.9 Å². The molecule has 0 aliphatic rings. The molecule has 0 atom stereocenters. The summed E-state index contributed by atoms with van der Waals surface area (Å²) in [6, 6.07) is 35.5. The van der Waals surface area contributed by atoms with Crippen molar-refractivity contribution < 1.29 is 13.2 Å². The Balaban J connectivity index is 1.86. The van der Waals surface area contributed by atoms with Gasteiger partial charge in [0, 0.05) is 11.1 Å². The second-order valence-corrected chi connectivity index (χ2v) is 8.37. The lowest BCUT2D eigenvalue weighted by atomic mass is 10.2. The van der Waals surface area contributed by atoms with E-state index in [9.17, 15) is 8.42 Å². The van der Waals surface area contributed by atoms with Crippen LogP contribution in [0.2, 0.25) is 0 Å². The number of rotatable bonds is 5. The fourth-order valence-corrected chi connectivity index (χ4v) is 3.89. The van der Waals surface area contributed by atoms with Crippen molar-refractivity contribution in [1.82, 2.24) is 0 Å². The maximum absolute atomic E-state index is 13.0. The molecule has 32 heavy (non-hydrogen) atoms. The summed E-state index contributed by atoms with van der Waals surface area (Å²) >= 11 is 0. The molecule has 0 unspecified atom stereocenters. The van der Waals surface area contributed by atoms with Crippen molar-refractivity contribution in [1.29, 1.82) is 0 Å². The average molecular weight is 441 g/mol. The van der Waals surface area contributed by atoms with Gasteiger partial charge in [-0.3, -0.25) is 0 Å². The van der Waals surface area contributed by atoms with E-state index in [-0.39, 0.29) is 16.6 Å². The lowest BCUT2D eigenvalue weighted by molar-refractivity contribution is 0.553. The molecule has 6 heteroatoms. The van der Waals surface area contributed by atoms with Crippen molar-refractivity contribution in [3.63, 3.8) is 0 Å². The Morgan fingerprint density at radius 1 is 0.594 bits per heavy atom.